The van der Waals surface area contributed by atoms with Crippen molar-refractivity contribution < 1.29 is 14.3 Å². The van der Waals surface area contributed by atoms with Crippen LogP contribution in [0.5, 0.6) is 0 Å². The van der Waals surface area contributed by atoms with E-state index in [9.17, 15) is 9.59 Å². The second-order valence-corrected chi connectivity index (χ2v) is 7.26. The van der Waals surface area contributed by atoms with Crippen LogP contribution in [0.2, 0.25) is 0 Å². The van der Waals surface area contributed by atoms with Gasteiger partial charge in [-0.15, -0.1) is 0 Å². The smallest absolute Gasteiger partial charge is 0.310 e. The summed E-state index contributed by atoms with van der Waals surface area (Å²) < 4.78 is 4.80. The lowest BCUT2D eigenvalue weighted by molar-refractivity contribution is -0.146. The highest BCUT2D eigenvalue weighted by molar-refractivity contribution is 5.78. The Kier molecular flexibility index (Phi) is 9.96. The van der Waals surface area contributed by atoms with E-state index < -0.39 is 0 Å². The number of hydrogen-bond acceptors (Lipinski definition) is 4. The van der Waals surface area contributed by atoms with Gasteiger partial charge in [-0.25, -0.2) is 0 Å². The van der Waals surface area contributed by atoms with Crippen molar-refractivity contribution in [3.8, 4) is 0 Å². The Morgan fingerprint density at radius 1 is 1.08 bits per heavy atom. The van der Waals surface area contributed by atoms with E-state index in [1.807, 2.05) is 25.9 Å². The Bertz CT molecular complexity index is 555. The monoisotopic (exact) mass is 362 g/mol. The van der Waals surface area contributed by atoms with Crippen molar-refractivity contribution in [2.45, 2.75) is 39.5 Å². The van der Waals surface area contributed by atoms with Crippen molar-refractivity contribution >= 4 is 11.9 Å². The van der Waals surface area contributed by atoms with E-state index in [0.717, 1.165) is 25.8 Å². The van der Waals surface area contributed by atoms with E-state index in [2.05, 4.69) is 36.1 Å². The van der Waals surface area contributed by atoms with Crippen LogP contribution in [-0.2, 0) is 20.7 Å². The third kappa shape index (κ3) is 8.48. The van der Waals surface area contributed by atoms with E-state index in [1.165, 1.54) is 18.2 Å². The summed E-state index contributed by atoms with van der Waals surface area (Å²) in [5, 5.41) is 0. The number of amides is 1. The first-order chi connectivity index (χ1) is 12.3. The Morgan fingerprint density at radius 2 is 1.73 bits per heavy atom. The summed E-state index contributed by atoms with van der Waals surface area (Å²) in [5.74, 6) is -0.456. The first-order valence-corrected chi connectivity index (χ1v) is 9.39. The third-order valence-corrected chi connectivity index (χ3v) is 4.46. The maximum absolute atomic E-state index is 12.7. The van der Waals surface area contributed by atoms with Crippen LogP contribution in [-0.4, -0.2) is 62.5 Å². The molecule has 1 aromatic carbocycles. The number of ether oxygens (including phenoxy) is 1. The van der Waals surface area contributed by atoms with Crippen molar-refractivity contribution in [1.82, 2.24) is 9.80 Å². The molecule has 1 atom stereocenters. The van der Waals surface area contributed by atoms with Gasteiger partial charge in [-0.1, -0.05) is 36.8 Å². The van der Waals surface area contributed by atoms with Crippen LogP contribution in [0.15, 0.2) is 24.3 Å². The fraction of sp³-hybridized carbons (Fsp3) is 0.619. The highest BCUT2D eigenvalue weighted by atomic mass is 16.5. The van der Waals surface area contributed by atoms with Gasteiger partial charge in [0.2, 0.25) is 5.91 Å². The SMILES string of the molecule is COC(=O)C(C)CN(CCCN(C)C)C(=O)CCCc1ccc(C)cc1. The molecule has 1 rings (SSSR count). The van der Waals surface area contributed by atoms with E-state index >= 15 is 0 Å². The van der Waals surface area contributed by atoms with Crippen molar-refractivity contribution in [3.05, 3.63) is 35.4 Å². The Morgan fingerprint density at radius 3 is 2.31 bits per heavy atom. The predicted molar refractivity (Wildman–Crippen MR) is 105 cm³/mol. The normalized spacial score (nSPS) is 12.1. The second-order valence-electron chi connectivity index (χ2n) is 7.26. The van der Waals surface area contributed by atoms with E-state index in [-0.39, 0.29) is 17.8 Å². The number of carbonyl (C=O) groups excluding carboxylic acids is 2. The first-order valence-electron chi connectivity index (χ1n) is 9.39. The molecular weight excluding hydrogens is 328 g/mol. The third-order valence-electron chi connectivity index (χ3n) is 4.46. The maximum Gasteiger partial charge on any atom is 0.310 e. The number of hydrogen-bond donors (Lipinski definition) is 0. The van der Waals surface area contributed by atoms with E-state index in [1.54, 1.807) is 0 Å². The molecule has 0 aromatic heterocycles. The van der Waals surface area contributed by atoms with Crippen LogP contribution in [0, 0.1) is 12.8 Å². The van der Waals surface area contributed by atoms with Crippen LogP contribution in [0.1, 0.15) is 37.3 Å². The zero-order valence-electron chi connectivity index (χ0n) is 17.0. The predicted octanol–water partition coefficient (Wildman–Crippen LogP) is 2.91. The molecule has 5 nitrogen and oxygen atoms in total. The molecule has 0 bridgehead atoms. The van der Waals surface area contributed by atoms with Gasteiger partial charge in [0, 0.05) is 19.5 Å². The number of rotatable bonds is 11. The molecule has 0 aliphatic rings. The van der Waals surface area contributed by atoms with Gasteiger partial charge in [-0.2, -0.15) is 0 Å². The highest BCUT2D eigenvalue weighted by Crippen LogP contribution is 2.11. The molecule has 0 heterocycles. The quantitative estimate of drug-likeness (QED) is 0.568. The number of carbonyl (C=O) groups is 2. The Balaban J connectivity index is 2.54. The summed E-state index contributed by atoms with van der Waals surface area (Å²) in [7, 11) is 5.42. The zero-order valence-corrected chi connectivity index (χ0v) is 17.0. The van der Waals surface area contributed by atoms with Gasteiger partial charge in [0.25, 0.3) is 0 Å². The zero-order chi connectivity index (χ0) is 19.5. The molecule has 5 heteroatoms. The minimum atomic E-state index is -0.305. The molecule has 26 heavy (non-hydrogen) atoms. The number of nitrogens with zero attached hydrogens (tertiary/aromatic N) is 2. The van der Waals surface area contributed by atoms with Crippen LogP contribution in [0.25, 0.3) is 0 Å². The molecule has 0 fully saturated rings. The number of benzene rings is 1. The molecular formula is C21H34N2O3. The van der Waals surface area contributed by atoms with Crippen LogP contribution < -0.4 is 0 Å². The van der Waals surface area contributed by atoms with Crippen molar-refractivity contribution in [2.75, 3.05) is 40.8 Å². The average Bonchev–Trinajstić information content (AvgIpc) is 2.61. The Hall–Kier alpha value is -1.88. The molecule has 1 aromatic rings. The number of aryl methyl sites for hydroxylation is 2. The largest absolute Gasteiger partial charge is 0.469 e. The molecule has 0 radical (unpaired) electrons. The molecule has 0 aliphatic carbocycles. The van der Waals surface area contributed by atoms with E-state index in [4.69, 9.17) is 4.74 Å². The van der Waals surface area contributed by atoms with Crippen LogP contribution >= 0.6 is 0 Å². The molecule has 0 aliphatic heterocycles. The van der Waals surface area contributed by atoms with Crippen molar-refractivity contribution in [3.63, 3.8) is 0 Å². The van der Waals surface area contributed by atoms with Gasteiger partial charge in [0.05, 0.1) is 13.0 Å². The Labute approximate surface area is 158 Å². The molecule has 146 valence electrons. The summed E-state index contributed by atoms with van der Waals surface area (Å²) in [6.07, 6.45) is 3.11. The minimum Gasteiger partial charge on any atom is -0.469 e. The molecule has 1 amide bonds. The topological polar surface area (TPSA) is 49.9 Å². The maximum atomic E-state index is 12.7. The summed E-state index contributed by atoms with van der Waals surface area (Å²) in [5.41, 5.74) is 2.50. The van der Waals surface area contributed by atoms with Crippen molar-refractivity contribution in [1.29, 1.82) is 0 Å². The lowest BCUT2D eigenvalue weighted by Gasteiger charge is -2.26. The number of methoxy groups -OCH3 is 1. The minimum absolute atomic E-state index is 0.117. The van der Waals surface area contributed by atoms with E-state index in [0.29, 0.717) is 19.5 Å². The van der Waals surface area contributed by atoms with Crippen LogP contribution in [0.4, 0.5) is 0 Å². The molecule has 0 N–H and O–H groups in total. The van der Waals surface area contributed by atoms with Gasteiger partial charge < -0.3 is 14.5 Å². The summed E-state index contributed by atoms with van der Waals surface area (Å²) in [6, 6.07) is 8.44. The van der Waals surface area contributed by atoms with Crippen LogP contribution in [0.3, 0.4) is 0 Å². The van der Waals surface area contributed by atoms with Gasteiger partial charge >= 0.3 is 5.97 Å². The number of esters is 1. The second kappa shape index (κ2) is 11.7. The molecule has 0 saturated heterocycles. The van der Waals surface area contributed by atoms with Gasteiger partial charge in [-0.3, -0.25) is 9.59 Å². The summed E-state index contributed by atoms with van der Waals surface area (Å²) in [4.78, 5) is 28.3. The fourth-order valence-corrected chi connectivity index (χ4v) is 2.86. The lowest BCUT2D eigenvalue weighted by Crippen LogP contribution is -2.38. The first kappa shape index (κ1) is 22.2. The summed E-state index contributed by atoms with van der Waals surface area (Å²) in [6.45, 7) is 5.89. The average molecular weight is 363 g/mol. The van der Waals surface area contributed by atoms with Gasteiger partial charge in [-0.05, 0) is 52.4 Å². The lowest BCUT2D eigenvalue weighted by atomic mass is 10.1. The standard InChI is InChI=1S/C21H34N2O3/c1-17-10-12-19(13-11-17)8-6-9-20(24)23(15-7-14-22(3)4)16-18(2)21(25)26-5/h10-13,18H,6-9,14-16H2,1-5H3. The van der Waals surface area contributed by atoms with Gasteiger partial charge in [0.1, 0.15) is 0 Å². The van der Waals surface area contributed by atoms with Crippen molar-refractivity contribution in [2.24, 2.45) is 5.92 Å². The fourth-order valence-electron chi connectivity index (χ4n) is 2.86. The highest BCUT2D eigenvalue weighted by Gasteiger charge is 2.21. The molecule has 0 saturated carbocycles. The summed E-state index contributed by atoms with van der Waals surface area (Å²) >= 11 is 0. The van der Waals surface area contributed by atoms with Gasteiger partial charge in [0.15, 0.2) is 0 Å². The molecule has 1 unspecified atom stereocenters. The molecule has 0 spiro atoms.